The number of amides is 1. The molecular formula is C8H7BrClNO. The van der Waals surface area contributed by atoms with Gasteiger partial charge in [-0.1, -0.05) is 33.6 Å². The monoisotopic (exact) mass is 247 g/mol. The standard InChI is InChI=1S/C8H7BrClNO/c9-7-2-1-6(4-11-5-12)8(10)3-7/h1-3,5H,4H2,(H,11,12). The quantitative estimate of drug-likeness (QED) is 0.818. The van der Waals surface area contributed by atoms with Crippen LogP contribution >= 0.6 is 27.5 Å². The molecule has 1 rings (SSSR count). The van der Waals surface area contributed by atoms with Crippen LogP contribution in [0, 0.1) is 0 Å². The van der Waals surface area contributed by atoms with E-state index in [1.807, 2.05) is 12.1 Å². The van der Waals surface area contributed by atoms with Gasteiger partial charge in [-0.15, -0.1) is 0 Å². The molecule has 0 aliphatic carbocycles. The molecule has 64 valence electrons. The molecular weight excluding hydrogens is 241 g/mol. The highest BCUT2D eigenvalue weighted by atomic mass is 79.9. The molecule has 12 heavy (non-hydrogen) atoms. The van der Waals surface area contributed by atoms with Crippen LogP contribution in [-0.2, 0) is 11.3 Å². The van der Waals surface area contributed by atoms with Gasteiger partial charge in [-0.3, -0.25) is 4.79 Å². The van der Waals surface area contributed by atoms with E-state index in [1.54, 1.807) is 6.07 Å². The molecule has 2 nitrogen and oxygen atoms in total. The normalized spacial score (nSPS) is 9.50. The first kappa shape index (κ1) is 9.55. The average molecular weight is 249 g/mol. The smallest absolute Gasteiger partial charge is 0.207 e. The van der Waals surface area contributed by atoms with Gasteiger partial charge in [-0.05, 0) is 17.7 Å². The van der Waals surface area contributed by atoms with Crippen molar-refractivity contribution in [2.75, 3.05) is 0 Å². The van der Waals surface area contributed by atoms with Gasteiger partial charge in [0.1, 0.15) is 0 Å². The summed E-state index contributed by atoms with van der Waals surface area (Å²) < 4.78 is 0.933. The summed E-state index contributed by atoms with van der Waals surface area (Å²) in [6.07, 6.45) is 0.651. The Kier molecular flexibility index (Phi) is 3.56. The van der Waals surface area contributed by atoms with Gasteiger partial charge >= 0.3 is 0 Å². The van der Waals surface area contributed by atoms with Crippen molar-refractivity contribution in [2.45, 2.75) is 6.54 Å². The molecule has 0 aliphatic heterocycles. The fourth-order valence-corrected chi connectivity index (χ4v) is 1.56. The summed E-state index contributed by atoms with van der Waals surface area (Å²) in [5.41, 5.74) is 0.909. The van der Waals surface area contributed by atoms with E-state index >= 15 is 0 Å². The van der Waals surface area contributed by atoms with Crippen molar-refractivity contribution in [2.24, 2.45) is 0 Å². The molecule has 1 N–H and O–H groups in total. The maximum Gasteiger partial charge on any atom is 0.207 e. The fraction of sp³-hybridized carbons (Fsp3) is 0.125. The van der Waals surface area contributed by atoms with Crippen molar-refractivity contribution >= 4 is 33.9 Å². The molecule has 0 unspecified atom stereocenters. The first-order valence-corrected chi connectivity index (χ1v) is 4.52. The molecule has 0 atom stereocenters. The zero-order valence-corrected chi connectivity index (χ0v) is 8.52. The lowest BCUT2D eigenvalue weighted by molar-refractivity contribution is -0.109. The summed E-state index contributed by atoms with van der Waals surface area (Å²) in [6.45, 7) is 0.468. The van der Waals surface area contributed by atoms with Crippen molar-refractivity contribution in [1.82, 2.24) is 5.32 Å². The zero-order valence-electron chi connectivity index (χ0n) is 6.18. The van der Waals surface area contributed by atoms with Gasteiger partial charge in [0.25, 0.3) is 0 Å². The van der Waals surface area contributed by atoms with Crippen LogP contribution in [0.25, 0.3) is 0 Å². The summed E-state index contributed by atoms with van der Waals surface area (Å²) in [5.74, 6) is 0. The SMILES string of the molecule is O=CNCc1ccc(Br)cc1Cl. The Morgan fingerprint density at radius 3 is 2.92 bits per heavy atom. The topological polar surface area (TPSA) is 29.1 Å². The van der Waals surface area contributed by atoms with E-state index in [9.17, 15) is 4.79 Å². The van der Waals surface area contributed by atoms with E-state index in [0.717, 1.165) is 10.0 Å². The third kappa shape index (κ3) is 2.50. The Balaban J connectivity index is 2.78. The summed E-state index contributed by atoms with van der Waals surface area (Å²) in [6, 6.07) is 5.54. The van der Waals surface area contributed by atoms with Crippen molar-refractivity contribution < 1.29 is 4.79 Å². The predicted octanol–water partition coefficient (Wildman–Crippen LogP) is 2.35. The lowest BCUT2D eigenvalue weighted by atomic mass is 10.2. The maximum absolute atomic E-state index is 9.99. The predicted molar refractivity (Wildman–Crippen MR) is 52.1 cm³/mol. The second-order valence-electron chi connectivity index (χ2n) is 2.23. The molecule has 0 heterocycles. The fourth-order valence-electron chi connectivity index (χ4n) is 0.817. The molecule has 0 radical (unpaired) electrons. The van der Waals surface area contributed by atoms with Crippen LogP contribution in [0.3, 0.4) is 0 Å². The molecule has 0 spiro atoms. The first-order chi connectivity index (χ1) is 5.74. The number of halogens is 2. The summed E-state index contributed by atoms with van der Waals surface area (Å²) >= 11 is 9.17. The van der Waals surface area contributed by atoms with Crippen LogP contribution in [0.1, 0.15) is 5.56 Å². The van der Waals surface area contributed by atoms with Gasteiger partial charge in [0.15, 0.2) is 0 Å². The first-order valence-electron chi connectivity index (χ1n) is 3.35. The van der Waals surface area contributed by atoms with Crippen LogP contribution in [0.15, 0.2) is 22.7 Å². The van der Waals surface area contributed by atoms with E-state index in [-0.39, 0.29) is 0 Å². The van der Waals surface area contributed by atoms with Crippen molar-refractivity contribution in [3.05, 3.63) is 33.3 Å². The molecule has 0 fully saturated rings. The number of carbonyl (C=O) groups excluding carboxylic acids is 1. The number of nitrogens with one attached hydrogen (secondary N) is 1. The van der Waals surface area contributed by atoms with Crippen LogP contribution < -0.4 is 5.32 Å². The van der Waals surface area contributed by atoms with Crippen LogP contribution in [0.2, 0.25) is 5.02 Å². The van der Waals surface area contributed by atoms with Gasteiger partial charge in [-0.2, -0.15) is 0 Å². The Labute approximate surface area is 84.0 Å². The number of benzene rings is 1. The Bertz CT molecular complexity index is 290. The summed E-state index contributed by atoms with van der Waals surface area (Å²) in [7, 11) is 0. The average Bonchev–Trinajstić information content (AvgIpc) is 2.03. The lowest BCUT2D eigenvalue weighted by Crippen LogP contribution is -2.09. The summed E-state index contributed by atoms with van der Waals surface area (Å²) in [4.78, 5) is 9.99. The third-order valence-corrected chi connectivity index (χ3v) is 2.24. The highest BCUT2D eigenvalue weighted by molar-refractivity contribution is 9.10. The van der Waals surface area contributed by atoms with Crippen molar-refractivity contribution in [1.29, 1.82) is 0 Å². The number of hydrogen-bond donors (Lipinski definition) is 1. The third-order valence-electron chi connectivity index (χ3n) is 1.39. The lowest BCUT2D eigenvalue weighted by Gasteiger charge is -2.02. The highest BCUT2D eigenvalue weighted by Gasteiger charge is 1.98. The van der Waals surface area contributed by atoms with Gasteiger partial charge in [0, 0.05) is 16.0 Å². The number of carbonyl (C=O) groups is 1. The van der Waals surface area contributed by atoms with Gasteiger partial charge < -0.3 is 5.32 Å². The second kappa shape index (κ2) is 4.48. The van der Waals surface area contributed by atoms with Gasteiger partial charge in [0.2, 0.25) is 6.41 Å². The van der Waals surface area contributed by atoms with Crippen molar-refractivity contribution in [3.8, 4) is 0 Å². The molecule has 1 aromatic rings. The second-order valence-corrected chi connectivity index (χ2v) is 3.56. The molecule has 0 aliphatic rings. The molecule has 4 heteroatoms. The van der Waals surface area contributed by atoms with Crippen LogP contribution in [0.5, 0.6) is 0 Å². The van der Waals surface area contributed by atoms with Crippen molar-refractivity contribution in [3.63, 3.8) is 0 Å². The zero-order chi connectivity index (χ0) is 8.97. The van der Waals surface area contributed by atoms with E-state index in [2.05, 4.69) is 21.2 Å². The molecule has 0 aromatic heterocycles. The van der Waals surface area contributed by atoms with E-state index < -0.39 is 0 Å². The minimum Gasteiger partial charge on any atom is -0.355 e. The van der Waals surface area contributed by atoms with Gasteiger partial charge in [-0.25, -0.2) is 0 Å². The molecule has 1 aromatic carbocycles. The maximum atomic E-state index is 9.99. The van der Waals surface area contributed by atoms with Crippen LogP contribution in [-0.4, -0.2) is 6.41 Å². The largest absolute Gasteiger partial charge is 0.355 e. The molecule has 0 bridgehead atoms. The molecule has 1 amide bonds. The Morgan fingerprint density at radius 2 is 2.33 bits per heavy atom. The van der Waals surface area contributed by atoms with Gasteiger partial charge in [0.05, 0.1) is 0 Å². The molecule has 0 saturated heterocycles. The van der Waals surface area contributed by atoms with E-state index in [1.165, 1.54) is 0 Å². The Morgan fingerprint density at radius 1 is 1.58 bits per heavy atom. The number of rotatable bonds is 3. The minimum absolute atomic E-state index is 0.468. The molecule has 0 saturated carbocycles. The van der Waals surface area contributed by atoms with E-state index in [0.29, 0.717) is 18.0 Å². The highest BCUT2D eigenvalue weighted by Crippen LogP contribution is 2.20. The minimum atomic E-state index is 0.468. The number of hydrogen-bond acceptors (Lipinski definition) is 1. The summed E-state index contributed by atoms with van der Waals surface area (Å²) in [5, 5.41) is 3.20. The van der Waals surface area contributed by atoms with E-state index in [4.69, 9.17) is 11.6 Å². The Hall–Kier alpha value is -0.540. The van der Waals surface area contributed by atoms with Crippen LogP contribution in [0.4, 0.5) is 0 Å².